The van der Waals surface area contributed by atoms with Crippen molar-refractivity contribution in [2.45, 2.75) is 32.7 Å². The van der Waals surface area contributed by atoms with Crippen LogP contribution in [0, 0.1) is 12.7 Å². The van der Waals surface area contributed by atoms with Gasteiger partial charge in [-0.15, -0.1) is 0 Å². The third-order valence-corrected chi connectivity index (χ3v) is 6.13. The minimum atomic E-state index is -4.71. The van der Waals surface area contributed by atoms with Crippen molar-refractivity contribution in [2.24, 2.45) is 0 Å². The zero-order valence-corrected chi connectivity index (χ0v) is 21.0. The summed E-state index contributed by atoms with van der Waals surface area (Å²) in [7, 11) is 0. The van der Waals surface area contributed by atoms with Gasteiger partial charge in [0.25, 0.3) is 0 Å². The third-order valence-electron chi connectivity index (χ3n) is 5.88. The lowest BCUT2D eigenvalue weighted by molar-refractivity contribution is -0.152. The number of carboxylic acids is 1. The smallest absolute Gasteiger partial charge is 0.478 e. The van der Waals surface area contributed by atoms with Crippen molar-refractivity contribution in [1.29, 1.82) is 0 Å². The molecule has 1 heterocycles. The van der Waals surface area contributed by atoms with Gasteiger partial charge in [0.1, 0.15) is 0 Å². The van der Waals surface area contributed by atoms with Crippen LogP contribution in [0.5, 0.6) is 5.75 Å². The van der Waals surface area contributed by atoms with Gasteiger partial charge in [0.2, 0.25) is 0 Å². The van der Waals surface area contributed by atoms with Gasteiger partial charge in [-0.3, -0.25) is 10.1 Å². The van der Waals surface area contributed by atoms with Crippen LogP contribution < -0.4 is 10.1 Å². The van der Waals surface area contributed by atoms with Crippen LogP contribution in [0.4, 0.5) is 23.2 Å². The Kier molecular flexibility index (Phi) is 6.88. The molecule has 2 N–H and O–H groups in total. The van der Waals surface area contributed by atoms with E-state index in [0.29, 0.717) is 21.7 Å². The van der Waals surface area contributed by atoms with Gasteiger partial charge in [0, 0.05) is 39.1 Å². The van der Waals surface area contributed by atoms with Crippen LogP contribution in [-0.4, -0.2) is 33.3 Å². The van der Waals surface area contributed by atoms with Gasteiger partial charge in [0.05, 0.1) is 11.1 Å². The van der Waals surface area contributed by atoms with Crippen LogP contribution >= 0.6 is 11.6 Å². The molecule has 3 aromatic carbocycles. The molecule has 0 aliphatic heterocycles. The summed E-state index contributed by atoms with van der Waals surface area (Å²) in [5.41, 5.74) is -0.696. The summed E-state index contributed by atoms with van der Waals surface area (Å²) in [6, 6.07) is 13.6. The molecule has 0 fully saturated rings. The number of ether oxygens (including phenoxy) is 1. The highest BCUT2D eigenvalue weighted by Crippen LogP contribution is 2.36. The number of rotatable bonds is 7. The van der Waals surface area contributed by atoms with Gasteiger partial charge in [-0.25, -0.2) is 9.18 Å². The molecule has 0 amide bonds. The quantitative estimate of drug-likeness (QED) is 0.146. The molecule has 0 radical (unpaired) electrons. The van der Waals surface area contributed by atoms with Gasteiger partial charge < -0.3 is 14.4 Å². The van der Waals surface area contributed by atoms with E-state index in [4.69, 9.17) is 16.3 Å². The van der Waals surface area contributed by atoms with Gasteiger partial charge >= 0.3 is 12.3 Å². The topological polar surface area (TPSA) is 80.6 Å². The summed E-state index contributed by atoms with van der Waals surface area (Å²) in [6.45, 7) is 4.09. The van der Waals surface area contributed by atoms with E-state index in [0.717, 1.165) is 6.07 Å². The Morgan fingerprint density at radius 1 is 1.00 bits per heavy atom. The lowest BCUT2D eigenvalue weighted by Crippen LogP contribution is -2.38. The maximum Gasteiger partial charge on any atom is 0.482 e. The Bertz CT molecular complexity index is 1560. The lowest BCUT2D eigenvalue weighted by Gasteiger charge is -2.22. The number of nitrogens with zero attached hydrogens (tertiary/aromatic N) is 1. The summed E-state index contributed by atoms with van der Waals surface area (Å²) in [5, 5.41) is 11.6. The highest BCUT2D eigenvalue weighted by atomic mass is 35.5. The molecule has 4 aromatic rings. The molecule has 11 heteroatoms. The first-order valence-corrected chi connectivity index (χ1v) is 11.6. The number of halogens is 5. The lowest BCUT2D eigenvalue weighted by atomic mass is 10.0. The highest BCUT2D eigenvalue weighted by molar-refractivity contribution is 6.30. The molecule has 0 spiro atoms. The maximum atomic E-state index is 14.6. The minimum absolute atomic E-state index is 0.221. The highest BCUT2D eigenvalue weighted by Gasteiger charge is 2.31. The fourth-order valence-electron chi connectivity index (χ4n) is 4.05. The maximum absolute atomic E-state index is 14.6. The molecule has 0 aliphatic rings. The van der Waals surface area contributed by atoms with Crippen molar-refractivity contribution in [2.75, 3.05) is 5.32 Å². The van der Waals surface area contributed by atoms with Crippen LogP contribution in [0.1, 0.15) is 35.5 Å². The molecule has 0 saturated carbocycles. The molecular formula is C27H21ClF4N2O4. The predicted octanol–water partition coefficient (Wildman–Crippen LogP) is 7.14. The number of carbonyl (C=O) groups is 2. The van der Waals surface area contributed by atoms with Crippen molar-refractivity contribution in [3.8, 4) is 11.4 Å². The van der Waals surface area contributed by atoms with E-state index in [2.05, 4.69) is 0 Å². The second-order valence-corrected chi connectivity index (χ2v) is 9.46. The van der Waals surface area contributed by atoms with Gasteiger partial charge in [-0.05, 0) is 69.3 Å². The van der Waals surface area contributed by atoms with Crippen LogP contribution in [-0.2, 0) is 4.79 Å². The number of aromatic nitrogens is 1. The van der Waals surface area contributed by atoms with Crippen LogP contribution in [0.25, 0.3) is 16.6 Å². The molecule has 38 heavy (non-hydrogen) atoms. The van der Waals surface area contributed by atoms with E-state index in [1.54, 1.807) is 19.1 Å². The number of hydrogen-bond acceptors (Lipinski definition) is 4. The Morgan fingerprint density at radius 3 is 2.26 bits per heavy atom. The van der Waals surface area contributed by atoms with E-state index in [9.17, 15) is 32.3 Å². The standard InChI is InChI=1S/C27H21ClF4N2O4/c1-14-23(24(35)15-4-6-16(28)7-5-15)19-10-8-17(33-27(30,31)32)12-21(19)34(14)18-9-11-20(29)22(13-18)38-26(2,3)25(36)37/h4-13,33H,1-3H3,(H,36,37). The number of fused-ring (bicyclic) bond motifs is 1. The number of carboxylic acid groups (broad SMARTS) is 1. The monoisotopic (exact) mass is 548 g/mol. The average molecular weight is 549 g/mol. The number of anilines is 1. The molecule has 0 aliphatic carbocycles. The zero-order valence-electron chi connectivity index (χ0n) is 20.3. The summed E-state index contributed by atoms with van der Waals surface area (Å²) < 4.78 is 60.7. The Labute approximate surface area is 219 Å². The number of carbonyl (C=O) groups excluding carboxylic acids is 1. The number of nitrogens with one attached hydrogen (secondary N) is 1. The van der Waals surface area contributed by atoms with Gasteiger partial charge in [-0.2, -0.15) is 13.2 Å². The fraction of sp³-hybridized carbons (Fsp3) is 0.185. The SMILES string of the molecule is Cc1c(C(=O)c2ccc(Cl)cc2)c2ccc(NC(F)(F)F)cc2n1-c1ccc(F)c(OC(C)(C)C(=O)O)c1. The molecule has 1 aromatic heterocycles. The molecule has 0 bridgehead atoms. The first-order chi connectivity index (χ1) is 17.7. The Hall–Kier alpha value is -4.05. The van der Waals surface area contributed by atoms with E-state index >= 15 is 0 Å². The normalized spacial score (nSPS) is 12.0. The van der Waals surface area contributed by atoms with E-state index < -0.39 is 29.5 Å². The van der Waals surface area contributed by atoms with Crippen molar-refractivity contribution in [1.82, 2.24) is 4.57 Å². The minimum Gasteiger partial charge on any atom is -0.478 e. The Morgan fingerprint density at radius 2 is 1.66 bits per heavy atom. The molecule has 0 unspecified atom stereocenters. The summed E-state index contributed by atoms with van der Waals surface area (Å²) in [4.78, 5) is 25.0. The summed E-state index contributed by atoms with van der Waals surface area (Å²) in [5.74, 6) is -2.95. The number of hydrogen-bond donors (Lipinski definition) is 2. The number of aliphatic carboxylic acids is 1. The third kappa shape index (κ3) is 5.31. The summed E-state index contributed by atoms with van der Waals surface area (Å²) in [6.07, 6.45) is -4.71. The Balaban J connectivity index is 1.95. The molecule has 6 nitrogen and oxygen atoms in total. The van der Waals surface area contributed by atoms with Gasteiger partial charge in [-0.1, -0.05) is 17.7 Å². The number of ketones is 1. The second-order valence-electron chi connectivity index (χ2n) is 9.02. The van der Waals surface area contributed by atoms with Crippen molar-refractivity contribution in [3.63, 3.8) is 0 Å². The van der Waals surface area contributed by atoms with Crippen molar-refractivity contribution < 1.29 is 37.0 Å². The number of alkyl halides is 3. The largest absolute Gasteiger partial charge is 0.482 e. The van der Waals surface area contributed by atoms with Crippen LogP contribution in [0.2, 0.25) is 5.02 Å². The van der Waals surface area contributed by atoms with Crippen LogP contribution in [0.15, 0.2) is 60.7 Å². The van der Waals surface area contributed by atoms with E-state index in [1.165, 1.54) is 66.2 Å². The number of benzene rings is 3. The fourth-order valence-corrected chi connectivity index (χ4v) is 4.18. The van der Waals surface area contributed by atoms with Crippen LogP contribution in [0.3, 0.4) is 0 Å². The average Bonchev–Trinajstić information content (AvgIpc) is 3.10. The first kappa shape index (κ1) is 27.0. The van der Waals surface area contributed by atoms with E-state index in [1.807, 2.05) is 0 Å². The zero-order chi connectivity index (χ0) is 28.0. The first-order valence-electron chi connectivity index (χ1n) is 11.2. The van der Waals surface area contributed by atoms with E-state index in [-0.39, 0.29) is 28.2 Å². The predicted molar refractivity (Wildman–Crippen MR) is 135 cm³/mol. The molecule has 4 rings (SSSR count). The molecule has 0 atom stereocenters. The second kappa shape index (κ2) is 9.68. The van der Waals surface area contributed by atoms with Crippen molar-refractivity contribution >= 4 is 39.9 Å². The molecular weight excluding hydrogens is 528 g/mol. The summed E-state index contributed by atoms with van der Waals surface area (Å²) >= 11 is 5.94. The molecule has 0 saturated heterocycles. The van der Waals surface area contributed by atoms with Gasteiger partial charge in [0.15, 0.2) is 23.0 Å². The van der Waals surface area contributed by atoms with Crippen molar-refractivity contribution in [3.05, 3.63) is 88.3 Å². The molecule has 198 valence electrons.